The van der Waals surface area contributed by atoms with E-state index < -0.39 is 22.0 Å². The van der Waals surface area contributed by atoms with Crippen LogP contribution in [-0.2, 0) is 14.4 Å². The fraction of sp³-hybridized carbons (Fsp3) is 0. The summed E-state index contributed by atoms with van der Waals surface area (Å²) in [6.07, 6.45) is 0. The zero-order valence-electron chi connectivity index (χ0n) is 6.98. The predicted molar refractivity (Wildman–Crippen MR) is 41.7 cm³/mol. The van der Waals surface area contributed by atoms with E-state index in [9.17, 15) is 0 Å². The van der Waals surface area contributed by atoms with Crippen molar-refractivity contribution in [2.75, 3.05) is 0 Å². The van der Waals surface area contributed by atoms with Gasteiger partial charge in [-0.15, -0.1) is 0 Å². The van der Waals surface area contributed by atoms with Gasteiger partial charge in [0.05, 0.1) is 0 Å². The lowest BCUT2D eigenvalue weighted by Gasteiger charge is -1.82. The normalized spacial score (nSPS) is 7.80. The third-order valence-electron chi connectivity index (χ3n) is 0.283. The average Bonchev–Trinajstić information content (AvgIpc) is 2.19. The van der Waals surface area contributed by atoms with E-state index in [1.807, 2.05) is 0 Å². The van der Waals surface area contributed by atoms with E-state index in [1.165, 1.54) is 0 Å². The maximum atomic E-state index is 7.44. The van der Waals surface area contributed by atoms with Gasteiger partial charge in [0.2, 0.25) is 0 Å². The maximum absolute atomic E-state index is 7.44. The van der Waals surface area contributed by atoms with Crippen molar-refractivity contribution in [3.05, 3.63) is 0 Å². The second-order valence-corrected chi connectivity index (χ2v) is 1.30. The van der Waals surface area contributed by atoms with Gasteiger partial charge in [-0.25, -0.2) is 14.4 Å². The third kappa shape index (κ3) is 57.6. The average molecular weight is 233 g/mol. The van der Waals surface area contributed by atoms with Crippen LogP contribution in [0.4, 0.5) is 0 Å². The summed E-state index contributed by atoms with van der Waals surface area (Å²) >= 11 is 0. The van der Waals surface area contributed by atoms with Crippen molar-refractivity contribution in [3.63, 3.8) is 0 Å². The van der Waals surface area contributed by atoms with Crippen LogP contribution in [0.1, 0.15) is 0 Å². The minimum Gasteiger partial charge on any atom is -0.400 e. The largest absolute Gasteiger partial charge is 0.662 e. The van der Waals surface area contributed by atoms with E-state index in [1.54, 1.807) is 0 Å². The lowest BCUT2D eigenvalue weighted by Crippen LogP contribution is -2.13. The van der Waals surface area contributed by atoms with Crippen molar-refractivity contribution < 1.29 is 60.3 Å². The summed E-state index contributed by atoms with van der Waals surface area (Å²) in [5.74, 6) is 0. The molecule has 0 amide bonds. The van der Waals surface area contributed by atoms with E-state index in [0.29, 0.717) is 0 Å². The summed E-state index contributed by atoms with van der Waals surface area (Å²) in [5.41, 5.74) is 0. The quantitative estimate of drug-likeness (QED) is 0.128. The molecule has 0 spiro atoms. The predicted octanol–water partition coefficient (Wildman–Crippen LogP) is -4.66. The molecule has 9 N–H and O–H groups in total. The SMILES string of the molecule is OOB(O)O.OOB(O)O.OOB(O)O. The molecule has 0 aromatic rings. The first-order valence-corrected chi connectivity index (χ1v) is 2.80. The minimum absolute atomic E-state index is 2.06. The second-order valence-electron chi connectivity index (χ2n) is 1.30. The van der Waals surface area contributed by atoms with Gasteiger partial charge in [0.15, 0.2) is 0 Å². The Morgan fingerprint density at radius 1 is 0.467 bits per heavy atom. The van der Waals surface area contributed by atoms with Crippen molar-refractivity contribution in [1.82, 2.24) is 0 Å². The highest BCUT2D eigenvalue weighted by Crippen LogP contribution is 1.59. The molecule has 15 heavy (non-hydrogen) atoms. The van der Waals surface area contributed by atoms with Gasteiger partial charge in [-0.05, 0) is 0 Å². The Bertz CT molecular complexity index is 71.8. The van der Waals surface area contributed by atoms with E-state index in [2.05, 4.69) is 14.4 Å². The van der Waals surface area contributed by atoms with Crippen molar-refractivity contribution in [2.45, 2.75) is 0 Å². The smallest absolute Gasteiger partial charge is 0.400 e. The molecule has 0 fully saturated rings. The molecule has 0 aliphatic heterocycles. The van der Waals surface area contributed by atoms with Crippen LogP contribution in [0.2, 0.25) is 0 Å². The zero-order chi connectivity index (χ0) is 12.9. The molecule has 0 heterocycles. The lowest BCUT2D eigenvalue weighted by molar-refractivity contribution is -0.173. The standard InChI is InChI=1S/3BH3O4/c3*2-1(3)5-4/h3*2-4H. The maximum Gasteiger partial charge on any atom is 0.662 e. The van der Waals surface area contributed by atoms with Crippen molar-refractivity contribution in [2.24, 2.45) is 0 Å². The van der Waals surface area contributed by atoms with E-state index in [-0.39, 0.29) is 0 Å². The van der Waals surface area contributed by atoms with Crippen LogP contribution in [0.3, 0.4) is 0 Å². The van der Waals surface area contributed by atoms with Crippen LogP contribution < -0.4 is 0 Å². The molecule has 0 aliphatic rings. The first-order chi connectivity index (χ1) is 6.81. The Kier molecular flexibility index (Phi) is 21.7. The van der Waals surface area contributed by atoms with Crippen LogP contribution in [0.15, 0.2) is 0 Å². The fourth-order valence-electron chi connectivity index (χ4n) is 0. The van der Waals surface area contributed by atoms with Gasteiger partial charge in [-0.2, -0.15) is 0 Å². The van der Waals surface area contributed by atoms with E-state index >= 15 is 0 Å². The fourth-order valence-corrected chi connectivity index (χ4v) is 0. The van der Waals surface area contributed by atoms with Gasteiger partial charge in [-0.1, -0.05) is 0 Å². The summed E-state index contributed by atoms with van der Waals surface area (Å²) in [6, 6.07) is 0. The van der Waals surface area contributed by atoms with Crippen LogP contribution in [0.25, 0.3) is 0 Å². The molecule has 0 aliphatic carbocycles. The molecule has 0 rings (SSSR count). The number of hydrogen-bond donors (Lipinski definition) is 9. The van der Waals surface area contributed by atoms with Crippen molar-refractivity contribution in [3.8, 4) is 0 Å². The topological polar surface area (TPSA) is 210 Å². The molecular weight excluding hydrogens is 224 g/mol. The Morgan fingerprint density at radius 3 is 0.533 bits per heavy atom. The molecule has 15 heteroatoms. The van der Waals surface area contributed by atoms with Crippen LogP contribution in [-0.4, -0.2) is 67.9 Å². The van der Waals surface area contributed by atoms with Crippen molar-refractivity contribution in [1.29, 1.82) is 0 Å². The lowest BCUT2D eigenvalue weighted by atomic mass is 10.3. The summed E-state index contributed by atoms with van der Waals surface area (Å²) < 4.78 is 0. The second kappa shape index (κ2) is 16.2. The molecular formula is H9B3O12. The Hall–Kier alpha value is -0.285. The Morgan fingerprint density at radius 2 is 0.533 bits per heavy atom. The molecule has 12 nitrogen and oxygen atoms in total. The molecule has 0 radical (unpaired) electrons. The first kappa shape index (κ1) is 20.2. The van der Waals surface area contributed by atoms with Gasteiger partial charge in [0, 0.05) is 0 Å². The van der Waals surface area contributed by atoms with E-state index in [0.717, 1.165) is 0 Å². The highest BCUT2D eigenvalue weighted by molar-refractivity contribution is 6.32. The summed E-state index contributed by atoms with van der Waals surface area (Å²) in [7, 11) is -6.18. The molecule has 0 bridgehead atoms. The van der Waals surface area contributed by atoms with Crippen LogP contribution in [0, 0.1) is 0 Å². The molecule has 0 atom stereocenters. The minimum atomic E-state index is -2.06. The van der Waals surface area contributed by atoms with Gasteiger partial charge in [-0.3, -0.25) is 15.8 Å². The highest BCUT2D eigenvalue weighted by atomic mass is 17.1. The molecule has 0 saturated heterocycles. The van der Waals surface area contributed by atoms with Gasteiger partial charge < -0.3 is 30.1 Å². The molecule has 0 saturated carbocycles. The number of rotatable bonds is 3. The van der Waals surface area contributed by atoms with Gasteiger partial charge in [0.1, 0.15) is 0 Å². The molecule has 0 unspecified atom stereocenters. The van der Waals surface area contributed by atoms with Crippen LogP contribution >= 0.6 is 0 Å². The summed E-state index contributed by atoms with van der Waals surface area (Å²) in [5, 5.41) is 66.1. The Labute approximate surface area is 83.4 Å². The first-order valence-electron chi connectivity index (χ1n) is 2.80. The number of hydrogen-bond acceptors (Lipinski definition) is 12. The monoisotopic (exact) mass is 234 g/mol. The Balaban J connectivity index is -0.000000144. The van der Waals surface area contributed by atoms with Crippen molar-refractivity contribution >= 4 is 22.0 Å². The summed E-state index contributed by atoms with van der Waals surface area (Å²) in [6.45, 7) is 0. The highest BCUT2D eigenvalue weighted by Gasteiger charge is 2.04. The molecule has 0 aromatic heterocycles. The third-order valence-corrected chi connectivity index (χ3v) is 0.283. The van der Waals surface area contributed by atoms with Gasteiger partial charge in [0.25, 0.3) is 0 Å². The summed E-state index contributed by atoms with van der Waals surface area (Å²) in [4.78, 5) is 8.58. The van der Waals surface area contributed by atoms with E-state index in [4.69, 9.17) is 45.9 Å². The van der Waals surface area contributed by atoms with Gasteiger partial charge >= 0.3 is 22.0 Å². The molecule has 0 aromatic carbocycles. The molecule has 90 valence electrons. The zero-order valence-corrected chi connectivity index (χ0v) is 6.98. The van der Waals surface area contributed by atoms with Crippen LogP contribution in [0.5, 0.6) is 0 Å².